The average Bonchev–Trinajstić information content (AvgIpc) is 2.76. The molecule has 7 heteroatoms. The molecule has 102 valence electrons. The quantitative estimate of drug-likeness (QED) is 0.678. The molecule has 1 aromatic heterocycles. The Hall–Kier alpha value is -2.31. The summed E-state index contributed by atoms with van der Waals surface area (Å²) < 4.78 is 0. The number of carbonyl (C=O) groups excluding carboxylic acids is 2. The number of nitrogens with zero attached hydrogens (tertiary/aromatic N) is 2. The first-order valence-electron chi connectivity index (χ1n) is 6.04. The van der Waals surface area contributed by atoms with Crippen molar-refractivity contribution >= 4 is 23.3 Å². The van der Waals surface area contributed by atoms with Crippen molar-refractivity contribution in [3.8, 4) is 0 Å². The molecule has 1 saturated heterocycles. The van der Waals surface area contributed by atoms with Crippen LogP contribution in [0.4, 0.5) is 11.5 Å². The normalized spacial score (nSPS) is 18.4. The van der Waals surface area contributed by atoms with E-state index in [2.05, 4.69) is 10.3 Å². The third-order valence-corrected chi connectivity index (χ3v) is 3.11. The van der Waals surface area contributed by atoms with Crippen LogP contribution < -0.4 is 21.7 Å². The third-order valence-electron chi connectivity index (χ3n) is 3.11. The fraction of sp³-hybridized carbons (Fsp3) is 0.417. The Labute approximate surface area is 111 Å². The van der Waals surface area contributed by atoms with Crippen LogP contribution in [-0.2, 0) is 4.79 Å². The number of carbonyl (C=O) groups is 2. The van der Waals surface area contributed by atoms with Crippen LogP contribution in [-0.4, -0.2) is 35.9 Å². The Balaban J connectivity index is 2.13. The fourth-order valence-electron chi connectivity index (χ4n) is 2.21. The molecule has 1 atom stereocenters. The standard InChI is InChI=1S/C12H17N5O2/c1-7(18)16-8-2-3-17(6-8)11-4-9(12(14)19)10(13)5-15-11/h4-5,8H,2-3,6,13H2,1H3,(H2,14,19)(H,16,18). The van der Waals surface area contributed by atoms with Gasteiger partial charge in [0.1, 0.15) is 5.82 Å². The van der Waals surface area contributed by atoms with Crippen LogP contribution >= 0.6 is 0 Å². The number of primary amides is 1. The molecular formula is C12H17N5O2. The molecule has 5 N–H and O–H groups in total. The van der Waals surface area contributed by atoms with Crippen LogP contribution in [0.25, 0.3) is 0 Å². The zero-order valence-electron chi connectivity index (χ0n) is 10.7. The van der Waals surface area contributed by atoms with Gasteiger partial charge in [0.2, 0.25) is 5.91 Å². The first kappa shape index (κ1) is 13.1. The molecular weight excluding hydrogens is 246 g/mol. The van der Waals surface area contributed by atoms with Gasteiger partial charge in [0.25, 0.3) is 5.91 Å². The van der Waals surface area contributed by atoms with Gasteiger partial charge >= 0.3 is 0 Å². The predicted molar refractivity (Wildman–Crippen MR) is 71.6 cm³/mol. The molecule has 0 radical (unpaired) electrons. The summed E-state index contributed by atoms with van der Waals surface area (Å²) in [6.07, 6.45) is 2.28. The van der Waals surface area contributed by atoms with Gasteiger partial charge < -0.3 is 21.7 Å². The summed E-state index contributed by atoms with van der Waals surface area (Å²) in [6.45, 7) is 2.92. The van der Waals surface area contributed by atoms with E-state index in [1.54, 1.807) is 6.07 Å². The number of pyridine rings is 1. The summed E-state index contributed by atoms with van der Waals surface area (Å²) in [6, 6.07) is 1.70. The Morgan fingerprint density at radius 1 is 1.53 bits per heavy atom. The molecule has 2 amide bonds. The predicted octanol–water partition coefficient (Wildman–Crippen LogP) is -0.522. The van der Waals surface area contributed by atoms with Crippen molar-refractivity contribution < 1.29 is 9.59 Å². The van der Waals surface area contributed by atoms with Crippen molar-refractivity contribution in [2.45, 2.75) is 19.4 Å². The van der Waals surface area contributed by atoms with Gasteiger partial charge in [-0.05, 0) is 12.5 Å². The molecule has 0 bridgehead atoms. The number of rotatable bonds is 3. The highest BCUT2D eigenvalue weighted by Gasteiger charge is 2.24. The SMILES string of the molecule is CC(=O)NC1CCN(c2cc(C(N)=O)c(N)cn2)C1. The van der Waals surface area contributed by atoms with E-state index in [1.807, 2.05) is 4.90 Å². The lowest BCUT2D eigenvalue weighted by Gasteiger charge is -2.18. The average molecular weight is 263 g/mol. The minimum Gasteiger partial charge on any atom is -0.397 e. The highest BCUT2D eigenvalue weighted by Crippen LogP contribution is 2.21. The van der Waals surface area contributed by atoms with Crippen LogP contribution in [0.2, 0.25) is 0 Å². The Bertz CT molecular complexity index is 517. The van der Waals surface area contributed by atoms with E-state index < -0.39 is 5.91 Å². The van der Waals surface area contributed by atoms with Gasteiger partial charge in [-0.1, -0.05) is 0 Å². The Kier molecular flexibility index (Phi) is 3.55. The third kappa shape index (κ3) is 2.93. The van der Waals surface area contributed by atoms with Crippen LogP contribution in [0.15, 0.2) is 12.3 Å². The number of hydrogen-bond acceptors (Lipinski definition) is 5. The first-order valence-corrected chi connectivity index (χ1v) is 6.04. The minimum atomic E-state index is -0.571. The number of aromatic nitrogens is 1. The first-order chi connectivity index (χ1) is 8.97. The largest absolute Gasteiger partial charge is 0.397 e. The van der Waals surface area contributed by atoms with Crippen LogP contribution in [0, 0.1) is 0 Å². The monoisotopic (exact) mass is 263 g/mol. The van der Waals surface area contributed by atoms with Crippen molar-refractivity contribution in [2.75, 3.05) is 23.7 Å². The maximum Gasteiger partial charge on any atom is 0.250 e. The summed E-state index contributed by atoms with van der Waals surface area (Å²) in [7, 11) is 0. The van der Waals surface area contributed by atoms with Crippen molar-refractivity contribution in [1.29, 1.82) is 0 Å². The second-order valence-corrected chi connectivity index (χ2v) is 4.63. The zero-order valence-corrected chi connectivity index (χ0v) is 10.7. The number of nitrogens with one attached hydrogen (secondary N) is 1. The molecule has 0 spiro atoms. The molecule has 0 saturated carbocycles. The molecule has 1 aliphatic rings. The van der Waals surface area contributed by atoms with E-state index in [0.717, 1.165) is 13.0 Å². The molecule has 2 rings (SSSR count). The molecule has 2 heterocycles. The summed E-state index contributed by atoms with van der Waals surface area (Å²) in [5.74, 6) is 0.0320. The second-order valence-electron chi connectivity index (χ2n) is 4.63. The van der Waals surface area contributed by atoms with E-state index in [9.17, 15) is 9.59 Å². The summed E-state index contributed by atoms with van der Waals surface area (Å²) in [5.41, 5.74) is 11.4. The van der Waals surface area contributed by atoms with Gasteiger partial charge in [0.15, 0.2) is 0 Å². The highest BCUT2D eigenvalue weighted by atomic mass is 16.1. The maximum atomic E-state index is 11.2. The number of nitrogen functional groups attached to an aromatic ring is 1. The Morgan fingerprint density at radius 2 is 2.26 bits per heavy atom. The molecule has 1 fully saturated rings. The van der Waals surface area contributed by atoms with E-state index in [0.29, 0.717) is 12.4 Å². The van der Waals surface area contributed by atoms with Gasteiger partial charge in [0, 0.05) is 26.1 Å². The molecule has 0 aliphatic carbocycles. The summed E-state index contributed by atoms with van der Waals surface area (Å²) in [5, 5.41) is 2.87. The lowest BCUT2D eigenvalue weighted by molar-refractivity contribution is -0.119. The summed E-state index contributed by atoms with van der Waals surface area (Å²) >= 11 is 0. The van der Waals surface area contributed by atoms with Gasteiger partial charge in [-0.15, -0.1) is 0 Å². The van der Waals surface area contributed by atoms with Gasteiger partial charge in [0.05, 0.1) is 17.4 Å². The molecule has 7 nitrogen and oxygen atoms in total. The molecule has 1 aromatic rings. The van der Waals surface area contributed by atoms with Gasteiger partial charge in [-0.2, -0.15) is 0 Å². The number of amides is 2. The number of nitrogens with two attached hydrogens (primary N) is 2. The van der Waals surface area contributed by atoms with Crippen LogP contribution in [0.3, 0.4) is 0 Å². The van der Waals surface area contributed by atoms with Crippen molar-refractivity contribution in [1.82, 2.24) is 10.3 Å². The second kappa shape index (κ2) is 5.13. The summed E-state index contributed by atoms with van der Waals surface area (Å²) in [4.78, 5) is 28.4. The van der Waals surface area contributed by atoms with Crippen LogP contribution in [0.5, 0.6) is 0 Å². The van der Waals surface area contributed by atoms with E-state index in [-0.39, 0.29) is 23.2 Å². The Morgan fingerprint density at radius 3 is 2.89 bits per heavy atom. The fourth-order valence-corrected chi connectivity index (χ4v) is 2.21. The van der Waals surface area contributed by atoms with E-state index in [4.69, 9.17) is 11.5 Å². The lowest BCUT2D eigenvalue weighted by Crippen LogP contribution is -2.35. The zero-order chi connectivity index (χ0) is 14.0. The van der Waals surface area contributed by atoms with E-state index in [1.165, 1.54) is 13.1 Å². The molecule has 0 aromatic carbocycles. The van der Waals surface area contributed by atoms with Gasteiger partial charge in [-0.25, -0.2) is 4.98 Å². The van der Waals surface area contributed by atoms with E-state index >= 15 is 0 Å². The molecule has 19 heavy (non-hydrogen) atoms. The number of anilines is 2. The van der Waals surface area contributed by atoms with Crippen LogP contribution in [0.1, 0.15) is 23.7 Å². The molecule has 1 unspecified atom stereocenters. The molecule has 1 aliphatic heterocycles. The van der Waals surface area contributed by atoms with Gasteiger partial charge in [-0.3, -0.25) is 9.59 Å². The lowest BCUT2D eigenvalue weighted by atomic mass is 10.2. The topological polar surface area (TPSA) is 114 Å². The van der Waals surface area contributed by atoms with Crippen molar-refractivity contribution in [2.24, 2.45) is 5.73 Å². The number of hydrogen-bond donors (Lipinski definition) is 3. The maximum absolute atomic E-state index is 11.2. The van der Waals surface area contributed by atoms with Crippen molar-refractivity contribution in [3.05, 3.63) is 17.8 Å². The smallest absolute Gasteiger partial charge is 0.250 e. The highest BCUT2D eigenvalue weighted by molar-refractivity contribution is 5.98. The minimum absolute atomic E-state index is 0.0464. The van der Waals surface area contributed by atoms with Crippen molar-refractivity contribution in [3.63, 3.8) is 0 Å².